The van der Waals surface area contributed by atoms with E-state index in [4.69, 9.17) is 9.88 Å². The van der Waals surface area contributed by atoms with E-state index in [2.05, 4.69) is 15.9 Å². The molecule has 0 heterocycles. The molecule has 1 aromatic carbocycles. The lowest BCUT2D eigenvalue weighted by atomic mass is 10.1. The van der Waals surface area contributed by atoms with Crippen LogP contribution in [0.5, 0.6) is 0 Å². The van der Waals surface area contributed by atoms with Gasteiger partial charge in [-0.15, -0.1) is 0 Å². The van der Waals surface area contributed by atoms with E-state index < -0.39 is 16.0 Å². The number of ether oxygens (including phenoxy) is 1. The van der Waals surface area contributed by atoms with Crippen molar-refractivity contribution in [3.63, 3.8) is 0 Å². The SMILES string of the molecule is CC(C)CCOC(=O)c1cc(Br)cc(S(N)(=O)=O)c1. The molecule has 19 heavy (non-hydrogen) atoms. The number of primary sulfonamides is 1. The molecule has 7 heteroatoms. The summed E-state index contributed by atoms with van der Waals surface area (Å²) >= 11 is 3.14. The van der Waals surface area contributed by atoms with Crippen molar-refractivity contribution >= 4 is 31.9 Å². The average molecular weight is 350 g/mol. The molecule has 0 radical (unpaired) electrons. The van der Waals surface area contributed by atoms with Gasteiger partial charge in [-0.3, -0.25) is 0 Å². The van der Waals surface area contributed by atoms with E-state index in [1.165, 1.54) is 18.2 Å². The maximum Gasteiger partial charge on any atom is 0.338 e. The number of halogens is 1. The number of hydrogen-bond donors (Lipinski definition) is 1. The fourth-order valence-corrected chi connectivity index (χ4v) is 2.54. The smallest absolute Gasteiger partial charge is 0.338 e. The molecule has 0 saturated carbocycles. The number of rotatable bonds is 5. The average Bonchev–Trinajstić information content (AvgIpc) is 2.26. The lowest BCUT2D eigenvalue weighted by molar-refractivity contribution is 0.0487. The summed E-state index contributed by atoms with van der Waals surface area (Å²) in [6.07, 6.45) is 0.752. The topological polar surface area (TPSA) is 86.5 Å². The van der Waals surface area contributed by atoms with E-state index in [9.17, 15) is 13.2 Å². The van der Waals surface area contributed by atoms with Crippen molar-refractivity contribution in [2.75, 3.05) is 6.61 Å². The van der Waals surface area contributed by atoms with Crippen molar-refractivity contribution in [2.45, 2.75) is 25.2 Å². The van der Waals surface area contributed by atoms with E-state index >= 15 is 0 Å². The van der Waals surface area contributed by atoms with E-state index in [1.807, 2.05) is 13.8 Å². The summed E-state index contributed by atoms with van der Waals surface area (Å²) in [6, 6.07) is 4.03. The summed E-state index contributed by atoms with van der Waals surface area (Å²) in [7, 11) is -3.85. The van der Waals surface area contributed by atoms with Crippen molar-refractivity contribution in [3.05, 3.63) is 28.2 Å². The molecule has 0 bridgehead atoms. The van der Waals surface area contributed by atoms with Gasteiger partial charge in [0.1, 0.15) is 0 Å². The van der Waals surface area contributed by atoms with E-state index in [0.717, 1.165) is 6.42 Å². The number of carbonyl (C=O) groups is 1. The van der Waals surface area contributed by atoms with Crippen molar-refractivity contribution < 1.29 is 17.9 Å². The first-order chi connectivity index (χ1) is 8.70. The molecule has 1 rings (SSSR count). The van der Waals surface area contributed by atoms with Crippen LogP contribution in [0.3, 0.4) is 0 Å². The third-order valence-electron chi connectivity index (χ3n) is 2.36. The summed E-state index contributed by atoms with van der Waals surface area (Å²) in [4.78, 5) is 11.7. The highest BCUT2D eigenvalue weighted by Crippen LogP contribution is 2.19. The van der Waals surface area contributed by atoms with Crippen LogP contribution in [0.1, 0.15) is 30.6 Å². The Morgan fingerprint density at radius 1 is 1.37 bits per heavy atom. The summed E-state index contributed by atoms with van der Waals surface area (Å²) in [5, 5.41) is 5.03. The Hall–Kier alpha value is -0.920. The van der Waals surface area contributed by atoms with Crippen LogP contribution in [0, 0.1) is 5.92 Å². The van der Waals surface area contributed by atoms with E-state index in [0.29, 0.717) is 17.0 Å². The van der Waals surface area contributed by atoms with Crippen molar-refractivity contribution in [1.82, 2.24) is 0 Å². The fraction of sp³-hybridized carbons (Fsp3) is 0.417. The van der Waals surface area contributed by atoms with Gasteiger partial charge in [-0.25, -0.2) is 18.4 Å². The Morgan fingerprint density at radius 3 is 2.53 bits per heavy atom. The van der Waals surface area contributed by atoms with Gasteiger partial charge in [0.25, 0.3) is 0 Å². The van der Waals surface area contributed by atoms with E-state index in [1.54, 1.807) is 0 Å². The predicted octanol–water partition coefficient (Wildman–Crippen LogP) is 2.30. The minimum atomic E-state index is -3.85. The molecular formula is C12H16BrNO4S. The third-order valence-corrected chi connectivity index (χ3v) is 3.71. The zero-order chi connectivity index (χ0) is 14.6. The predicted molar refractivity (Wildman–Crippen MR) is 75.3 cm³/mol. The minimum absolute atomic E-state index is 0.127. The normalized spacial score (nSPS) is 11.6. The number of benzene rings is 1. The Balaban J connectivity index is 2.89. The number of carbonyl (C=O) groups excluding carboxylic acids is 1. The van der Waals surface area contributed by atoms with Crippen molar-refractivity contribution in [2.24, 2.45) is 11.1 Å². The van der Waals surface area contributed by atoms with Gasteiger partial charge >= 0.3 is 5.97 Å². The Morgan fingerprint density at radius 2 is 2.00 bits per heavy atom. The summed E-state index contributed by atoms with van der Waals surface area (Å²) < 4.78 is 28.1. The Labute approximate surface area is 121 Å². The number of nitrogens with two attached hydrogens (primary N) is 1. The van der Waals surface area contributed by atoms with Gasteiger partial charge < -0.3 is 4.74 Å². The maximum atomic E-state index is 11.8. The first-order valence-corrected chi connectivity index (χ1v) is 8.04. The lowest BCUT2D eigenvalue weighted by Crippen LogP contribution is -2.14. The highest BCUT2D eigenvalue weighted by atomic mass is 79.9. The molecule has 0 amide bonds. The van der Waals surface area contributed by atoms with Gasteiger partial charge in [-0.1, -0.05) is 29.8 Å². The standard InChI is InChI=1S/C12H16BrNO4S/c1-8(2)3-4-18-12(15)9-5-10(13)7-11(6-9)19(14,16)17/h5-8H,3-4H2,1-2H3,(H2,14,16,17). The van der Waals surface area contributed by atoms with Crippen LogP contribution < -0.4 is 5.14 Å². The molecule has 1 aromatic rings. The Bertz CT molecular complexity index is 569. The van der Waals surface area contributed by atoms with Gasteiger partial charge in [0, 0.05) is 4.47 Å². The molecule has 0 aromatic heterocycles. The van der Waals surface area contributed by atoms with Gasteiger partial charge in [0.2, 0.25) is 10.0 Å². The van der Waals surface area contributed by atoms with Crippen LogP contribution in [0.4, 0.5) is 0 Å². The van der Waals surface area contributed by atoms with Crippen LogP contribution in [0.25, 0.3) is 0 Å². The highest BCUT2D eigenvalue weighted by Gasteiger charge is 2.15. The van der Waals surface area contributed by atoms with Crippen molar-refractivity contribution in [3.8, 4) is 0 Å². The number of hydrogen-bond acceptors (Lipinski definition) is 4. The first kappa shape index (κ1) is 16.1. The second-order valence-corrected chi connectivity index (χ2v) is 7.02. The highest BCUT2D eigenvalue weighted by molar-refractivity contribution is 9.10. The van der Waals surface area contributed by atoms with Gasteiger partial charge in [-0.05, 0) is 30.5 Å². The van der Waals surface area contributed by atoms with Crippen molar-refractivity contribution in [1.29, 1.82) is 0 Å². The van der Waals surface area contributed by atoms with Gasteiger partial charge in [-0.2, -0.15) is 0 Å². The maximum absolute atomic E-state index is 11.8. The zero-order valence-electron chi connectivity index (χ0n) is 10.7. The summed E-state index contributed by atoms with van der Waals surface area (Å²) in [6.45, 7) is 4.34. The first-order valence-electron chi connectivity index (χ1n) is 5.70. The molecule has 0 spiro atoms. The minimum Gasteiger partial charge on any atom is -0.462 e. The largest absolute Gasteiger partial charge is 0.462 e. The number of sulfonamides is 1. The molecule has 0 unspecified atom stereocenters. The molecule has 0 fully saturated rings. The van der Waals surface area contributed by atoms with Gasteiger partial charge in [0.15, 0.2) is 0 Å². The lowest BCUT2D eigenvalue weighted by Gasteiger charge is -2.08. The Kier molecular flexibility index (Phi) is 5.51. The zero-order valence-corrected chi connectivity index (χ0v) is 13.1. The molecular weight excluding hydrogens is 334 g/mol. The summed E-state index contributed by atoms with van der Waals surface area (Å²) in [5.74, 6) is -0.137. The summed E-state index contributed by atoms with van der Waals surface area (Å²) in [5.41, 5.74) is 0.155. The molecule has 2 N–H and O–H groups in total. The van der Waals surface area contributed by atoms with Crippen LogP contribution in [0.2, 0.25) is 0 Å². The number of esters is 1. The molecule has 106 valence electrons. The van der Waals surface area contributed by atoms with E-state index in [-0.39, 0.29) is 10.5 Å². The van der Waals surface area contributed by atoms with Crippen LogP contribution in [-0.4, -0.2) is 21.0 Å². The molecule has 0 atom stereocenters. The second-order valence-electron chi connectivity index (χ2n) is 4.54. The van der Waals surface area contributed by atoms with Crippen LogP contribution in [-0.2, 0) is 14.8 Å². The van der Waals surface area contributed by atoms with Gasteiger partial charge in [0.05, 0.1) is 17.1 Å². The molecule has 0 aliphatic carbocycles. The molecule has 0 aliphatic heterocycles. The fourth-order valence-electron chi connectivity index (χ4n) is 1.32. The molecule has 0 aliphatic rings. The molecule has 5 nitrogen and oxygen atoms in total. The monoisotopic (exact) mass is 349 g/mol. The third kappa shape index (κ3) is 5.30. The molecule has 0 saturated heterocycles. The quantitative estimate of drug-likeness (QED) is 0.826. The van der Waals surface area contributed by atoms with Crippen LogP contribution >= 0.6 is 15.9 Å². The second kappa shape index (κ2) is 6.49. The van der Waals surface area contributed by atoms with Crippen LogP contribution in [0.15, 0.2) is 27.6 Å².